The van der Waals surface area contributed by atoms with Gasteiger partial charge >= 0.3 is 0 Å². The number of hydrogen-bond donors (Lipinski definition) is 1. The van der Waals surface area contributed by atoms with Crippen molar-refractivity contribution in [1.29, 1.82) is 0 Å². The summed E-state index contributed by atoms with van der Waals surface area (Å²) in [5.74, 6) is 0.328. The van der Waals surface area contributed by atoms with Gasteiger partial charge in [0.05, 0.1) is 6.10 Å². The van der Waals surface area contributed by atoms with E-state index in [-0.39, 0.29) is 6.04 Å². The van der Waals surface area contributed by atoms with Gasteiger partial charge in [-0.25, -0.2) is 0 Å². The lowest BCUT2D eigenvalue weighted by Crippen LogP contribution is -2.12. The molecule has 2 rings (SSSR count). The van der Waals surface area contributed by atoms with Crippen LogP contribution in [0.5, 0.6) is 0 Å². The number of nitrogens with two attached hydrogens (primary N) is 1. The molecule has 1 aromatic carbocycles. The quantitative estimate of drug-likeness (QED) is 0.791. The summed E-state index contributed by atoms with van der Waals surface area (Å²) in [6.45, 7) is 0.893. The van der Waals surface area contributed by atoms with E-state index in [2.05, 4.69) is 0 Å². The fourth-order valence-corrected chi connectivity index (χ4v) is 2.71. The largest absolute Gasteiger partial charge is 0.378 e. The van der Waals surface area contributed by atoms with Gasteiger partial charge in [-0.15, -0.1) is 0 Å². The Labute approximate surface area is 121 Å². The first kappa shape index (κ1) is 15.2. The topological polar surface area (TPSA) is 52.3 Å². The van der Waals surface area contributed by atoms with Gasteiger partial charge in [-0.3, -0.25) is 4.79 Å². The van der Waals surface area contributed by atoms with Crippen molar-refractivity contribution in [3.05, 3.63) is 35.9 Å². The standard InChI is InChI=1S/C17H25NO2/c18-17(14-6-2-1-3-7-14)12-11-15(19)8-4-9-16-10-5-13-20-16/h1-3,6-7,16-17H,4-5,8-13,18H2. The molecule has 3 nitrogen and oxygen atoms in total. The Balaban J connectivity index is 1.59. The number of ether oxygens (including phenoxy) is 1. The first-order valence-corrected chi connectivity index (χ1v) is 7.69. The highest BCUT2D eigenvalue weighted by atomic mass is 16.5. The minimum Gasteiger partial charge on any atom is -0.378 e. The van der Waals surface area contributed by atoms with E-state index < -0.39 is 0 Å². The molecule has 1 heterocycles. The molecule has 0 spiro atoms. The summed E-state index contributed by atoms with van der Waals surface area (Å²) in [7, 11) is 0. The molecule has 1 fully saturated rings. The van der Waals surface area contributed by atoms with E-state index in [1.165, 1.54) is 6.42 Å². The third kappa shape index (κ3) is 5.06. The molecular weight excluding hydrogens is 250 g/mol. The molecule has 2 N–H and O–H groups in total. The number of Topliss-reactive ketones (excluding diaryl/α,β-unsaturated/α-hetero) is 1. The third-order valence-electron chi connectivity index (χ3n) is 3.97. The Morgan fingerprint density at radius 3 is 2.80 bits per heavy atom. The zero-order valence-corrected chi connectivity index (χ0v) is 12.1. The average molecular weight is 275 g/mol. The minimum atomic E-state index is -0.0293. The fourth-order valence-electron chi connectivity index (χ4n) is 2.71. The molecule has 0 radical (unpaired) electrons. The second-order valence-electron chi connectivity index (χ2n) is 5.62. The first-order valence-electron chi connectivity index (χ1n) is 7.69. The van der Waals surface area contributed by atoms with Crippen LogP contribution in [0.1, 0.15) is 56.6 Å². The Bertz CT molecular complexity index is 399. The molecule has 1 aliphatic rings. The van der Waals surface area contributed by atoms with Gasteiger partial charge in [0.2, 0.25) is 0 Å². The van der Waals surface area contributed by atoms with Gasteiger partial charge in [0, 0.05) is 25.5 Å². The molecule has 110 valence electrons. The van der Waals surface area contributed by atoms with Crippen LogP contribution in [-0.4, -0.2) is 18.5 Å². The van der Waals surface area contributed by atoms with Crippen LogP contribution < -0.4 is 5.73 Å². The summed E-state index contributed by atoms with van der Waals surface area (Å²) in [5, 5.41) is 0. The van der Waals surface area contributed by atoms with Crippen LogP contribution in [0.3, 0.4) is 0 Å². The van der Waals surface area contributed by atoms with E-state index in [9.17, 15) is 4.79 Å². The molecule has 0 aromatic heterocycles. The van der Waals surface area contributed by atoms with Crippen LogP contribution in [0.25, 0.3) is 0 Å². The second kappa shape index (κ2) is 8.18. The molecule has 1 aromatic rings. The molecule has 0 amide bonds. The van der Waals surface area contributed by atoms with Gasteiger partial charge in [-0.1, -0.05) is 30.3 Å². The molecule has 2 atom stereocenters. The van der Waals surface area contributed by atoms with Gasteiger partial charge in [0.1, 0.15) is 5.78 Å². The number of benzene rings is 1. The molecule has 1 aliphatic heterocycles. The normalized spacial score (nSPS) is 19.9. The molecule has 20 heavy (non-hydrogen) atoms. The Morgan fingerprint density at radius 2 is 2.10 bits per heavy atom. The average Bonchev–Trinajstić information content (AvgIpc) is 2.99. The van der Waals surface area contributed by atoms with Crippen LogP contribution in [0.15, 0.2) is 30.3 Å². The van der Waals surface area contributed by atoms with Crippen molar-refractivity contribution in [1.82, 2.24) is 0 Å². The molecule has 0 bridgehead atoms. The molecule has 0 aliphatic carbocycles. The highest BCUT2D eigenvalue weighted by Crippen LogP contribution is 2.19. The number of carbonyl (C=O) groups excluding carboxylic acids is 1. The Kier molecular flexibility index (Phi) is 6.22. The number of carbonyl (C=O) groups is 1. The van der Waals surface area contributed by atoms with Gasteiger partial charge < -0.3 is 10.5 Å². The SMILES string of the molecule is NC(CCC(=O)CCCC1CCCO1)c1ccccc1. The van der Waals surface area contributed by atoms with Crippen molar-refractivity contribution in [2.75, 3.05) is 6.61 Å². The van der Waals surface area contributed by atoms with Crippen molar-refractivity contribution in [2.24, 2.45) is 5.73 Å². The summed E-state index contributed by atoms with van der Waals surface area (Å²) in [6.07, 6.45) is 6.69. The van der Waals surface area contributed by atoms with E-state index in [1.807, 2.05) is 30.3 Å². The molecule has 0 saturated carbocycles. The van der Waals surface area contributed by atoms with Crippen molar-refractivity contribution >= 4 is 5.78 Å². The van der Waals surface area contributed by atoms with E-state index >= 15 is 0 Å². The summed E-state index contributed by atoms with van der Waals surface area (Å²) >= 11 is 0. The fraction of sp³-hybridized carbons (Fsp3) is 0.588. The predicted molar refractivity (Wildman–Crippen MR) is 80.4 cm³/mol. The Morgan fingerprint density at radius 1 is 1.30 bits per heavy atom. The summed E-state index contributed by atoms with van der Waals surface area (Å²) in [6, 6.07) is 9.96. The maximum absolute atomic E-state index is 11.9. The molecular formula is C17H25NO2. The van der Waals surface area contributed by atoms with E-state index in [1.54, 1.807) is 0 Å². The van der Waals surface area contributed by atoms with Gasteiger partial charge in [-0.05, 0) is 37.7 Å². The van der Waals surface area contributed by atoms with Crippen molar-refractivity contribution in [2.45, 2.75) is 57.1 Å². The van der Waals surface area contributed by atoms with Crippen molar-refractivity contribution in [3.8, 4) is 0 Å². The maximum atomic E-state index is 11.9. The highest BCUT2D eigenvalue weighted by molar-refractivity contribution is 5.78. The second-order valence-corrected chi connectivity index (χ2v) is 5.62. The first-order chi connectivity index (χ1) is 9.75. The van der Waals surface area contributed by atoms with E-state index in [4.69, 9.17) is 10.5 Å². The predicted octanol–water partition coefficient (Wildman–Crippen LogP) is 3.39. The molecule has 1 saturated heterocycles. The van der Waals surface area contributed by atoms with Crippen LogP contribution in [0.4, 0.5) is 0 Å². The van der Waals surface area contributed by atoms with Gasteiger partial charge in [-0.2, -0.15) is 0 Å². The Hall–Kier alpha value is -1.19. The lowest BCUT2D eigenvalue weighted by atomic mass is 9.99. The summed E-state index contributed by atoms with van der Waals surface area (Å²) in [5.41, 5.74) is 7.21. The van der Waals surface area contributed by atoms with Crippen LogP contribution >= 0.6 is 0 Å². The zero-order chi connectivity index (χ0) is 14.2. The van der Waals surface area contributed by atoms with Gasteiger partial charge in [0.15, 0.2) is 0 Å². The van der Waals surface area contributed by atoms with Crippen molar-refractivity contribution < 1.29 is 9.53 Å². The zero-order valence-electron chi connectivity index (χ0n) is 12.1. The highest BCUT2D eigenvalue weighted by Gasteiger charge is 2.15. The number of rotatable bonds is 8. The van der Waals surface area contributed by atoms with Crippen LogP contribution in [0.2, 0.25) is 0 Å². The maximum Gasteiger partial charge on any atom is 0.132 e. The lowest BCUT2D eigenvalue weighted by Gasteiger charge is -2.12. The summed E-state index contributed by atoms with van der Waals surface area (Å²) < 4.78 is 5.56. The third-order valence-corrected chi connectivity index (χ3v) is 3.97. The molecule has 3 heteroatoms. The number of ketones is 1. The van der Waals surface area contributed by atoms with Gasteiger partial charge in [0.25, 0.3) is 0 Å². The molecule has 2 unspecified atom stereocenters. The van der Waals surface area contributed by atoms with Crippen molar-refractivity contribution in [3.63, 3.8) is 0 Å². The van der Waals surface area contributed by atoms with Crippen LogP contribution in [0, 0.1) is 0 Å². The smallest absolute Gasteiger partial charge is 0.132 e. The van der Waals surface area contributed by atoms with Crippen LogP contribution in [-0.2, 0) is 9.53 Å². The minimum absolute atomic E-state index is 0.0293. The van der Waals surface area contributed by atoms with E-state index in [0.29, 0.717) is 24.7 Å². The summed E-state index contributed by atoms with van der Waals surface area (Å²) in [4.78, 5) is 11.9. The number of hydrogen-bond acceptors (Lipinski definition) is 3. The monoisotopic (exact) mass is 275 g/mol. The lowest BCUT2D eigenvalue weighted by molar-refractivity contribution is -0.119. The van der Waals surface area contributed by atoms with E-state index in [0.717, 1.165) is 37.9 Å².